The van der Waals surface area contributed by atoms with Gasteiger partial charge in [0.1, 0.15) is 0 Å². The van der Waals surface area contributed by atoms with Crippen LogP contribution in [0.4, 0.5) is 9.59 Å². The van der Waals surface area contributed by atoms with E-state index in [1.165, 1.54) is 64.2 Å². The summed E-state index contributed by atoms with van der Waals surface area (Å²) in [4.78, 5) is 30.5. The van der Waals surface area contributed by atoms with E-state index in [1.54, 1.807) is 0 Å². The van der Waals surface area contributed by atoms with Crippen LogP contribution >= 0.6 is 0 Å². The summed E-state index contributed by atoms with van der Waals surface area (Å²) in [5, 5.41) is 9.48. The Hall–Kier alpha value is -1.58. The van der Waals surface area contributed by atoms with Gasteiger partial charge < -0.3 is 35.2 Å². The first-order chi connectivity index (χ1) is 23.9. The predicted molar refractivity (Wildman–Crippen MR) is 198 cm³/mol. The van der Waals surface area contributed by atoms with Crippen molar-refractivity contribution in [1.29, 1.82) is 0 Å². The summed E-state index contributed by atoms with van der Waals surface area (Å²) in [7, 11) is 4.00. The van der Waals surface area contributed by atoms with E-state index >= 15 is 0 Å². The van der Waals surface area contributed by atoms with Gasteiger partial charge in [0.2, 0.25) is 0 Å². The zero-order valence-corrected chi connectivity index (χ0v) is 32.4. The van der Waals surface area contributed by atoms with E-state index in [0.717, 1.165) is 63.0 Å². The fraction of sp³-hybridized carbons (Fsp3) is 0.951. The Bertz CT molecular complexity index is 1200. The van der Waals surface area contributed by atoms with Crippen LogP contribution in [0.25, 0.3) is 0 Å². The van der Waals surface area contributed by atoms with Gasteiger partial charge in [-0.25, -0.2) is 9.59 Å². The fourth-order valence-electron chi connectivity index (χ4n) is 13.3. The molecule has 0 radical (unpaired) electrons. The third kappa shape index (κ3) is 6.83. The predicted octanol–water partition coefficient (Wildman–Crippen LogP) is 7.01. The van der Waals surface area contributed by atoms with Gasteiger partial charge in [0.15, 0.2) is 5.79 Å². The van der Waals surface area contributed by atoms with Gasteiger partial charge in [-0.1, -0.05) is 47.0 Å². The average molecular weight is 698 g/mol. The van der Waals surface area contributed by atoms with Gasteiger partial charge in [0.25, 0.3) is 0 Å². The molecule has 0 aromatic carbocycles. The molecule has 12 atom stereocenters. The first-order valence-electron chi connectivity index (χ1n) is 21.0. The van der Waals surface area contributed by atoms with Gasteiger partial charge >= 0.3 is 12.1 Å². The van der Waals surface area contributed by atoms with Crippen molar-refractivity contribution < 1.29 is 19.1 Å². The summed E-state index contributed by atoms with van der Waals surface area (Å²) < 4.78 is 13.6. The third-order valence-corrected chi connectivity index (χ3v) is 16.0. The van der Waals surface area contributed by atoms with E-state index in [1.807, 2.05) is 14.1 Å². The first kappa shape index (κ1) is 36.8. The van der Waals surface area contributed by atoms with Crippen LogP contribution in [0.5, 0.6) is 0 Å². The molecule has 284 valence electrons. The molecule has 5 aliphatic carbocycles. The van der Waals surface area contributed by atoms with Crippen LogP contribution in [-0.2, 0) is 9.47 Å². The standard InChI is InChI=1S/C41H71N5O4/c1-27-14-19-41(49-26-27)28(2)36-35(50-41)25-34-32-13-12-29-24-30(15-17-39(29,3)33(32)16-18-40(34,36)4)44-38(48)46(31-10-8-7-9-11-31)23-21-43-37(47)42-20-22-45(5)6/h27-36H,7-26H2,1-6H3,(H,44,48)(H2,42,43,47)/t27?,28-,29+,30+,32+,33-,34-,35-,36-,39-,40-,41?/m0/s1. The number of nitrogens with zero attached hydrogens (tertiary/aromatic N) is 2. The lowest BCUT2D eigenvalue weighted by Crippen LogP contribution is -2.57. The highest BCUT2D eigenvalue weighted by atomic mass is 16.7. The van der Waals surface area contributed by atoms with E-state index in [9.17, 15) is 9.59 Å². The maximum Gasteiger partial charge on any atom is 0.317 e. The molecular weight excluding hydrogens is 626 g/mol. The minimum atomic E-state index is -0.331. The second-order valence-electron chi connectivity index (χ2n) is 19.1. The third-order valence-electron chi connectivity index (χ3n) is 16.0. The van der Waals surface area contributed by atoms with Gasteiger partial charge in [-0.15, -0.1) is 0 Å². The summed E-state index contributed by atoms with van der Waals surface area (Å²) in [6, 6.07) is 0.446. The molecule has 7 aliphatic rings. The molecule has 50 heavy (non-hydrogen) atoms. The van der Waals surface area contributed by atoms with Gasteiger partial charge in [-0.05, 0) is 131 Å². The zero-order chi connectivity index (χ0) is 35.3. The Balaban J connectivity index is 0.950. The lowest BCUT2D eigenvalue weighted by atomic mass is 9.44. The molecule has 9 nitrogen and oxygen atoms in total. The van der Waals surface area contributed by atoms with Crippen LogP contribution in [0.15, 0.2) is 0 Å². The molecule has 2 saturated heterocycles. The Labute approximate surface area is 303 Å². The van der Waals surface area contributed by atoms with Crippen molar-refractivity contribution in [3.63, 3.8) is 0 Å². The molecule has 2 aliphatic heterocycles. The highest BCUT2D eigenvalue weighted by Crippen LogP contribution is 2.71. The Morgan fingerprint density at radius 3 is 2.26 bits per heavy atom. The normalized spacial score (nSPS) is 44.2. The molecule has 3 N–H and O–H groups in total. The van der Waals surface area contributed by atoms with Crippen LogP contribution in [0.3, 0.4) is 0 Å². The minimum absolute atomic E-state index is 0.0863. The van der Waals surface area contributed by atoms with Crippen LogP contribution in [0.2, 0.25) is 0 Å². The van der Waals surface area contributed by atoms with Gasteiger partial charge in [-0.3, -0.25) is 0 Å². The van der Waals surface area contributed by atoms with E-state index in [-0.39, 0.29) is 29.9 Å². The number of carbonyl (C=O) groups is 2. The van der Waals surface area contributed by atoms with E-state index in [0.29, 0.717) is 60.2 Å². The largest absolute Gasteiger partial charge is 0.349 e. The number of amides is 4. The average Bonchev–Trinajstić information content (AvgIpc) is 3.54. The van der Waals surface area contributed by atoms with Gasteiger partial charge in [0, 0.05) is 50.6 Å². The van der Waals surface area contributed by atoms with Crippen LogP contribution in [0, 0.1) is 52.3 Å². The minimum Gasteiger partial charge on any atom is -0.349 e. The number of rotatable bonds is 8. The Morgan fingerprint density at radius 1 is 0.800 bits per heavy atom. The number of urea groups is 2. The molecule has 5 saturated carbocycles. The monoisotopic (exact) mass is 698 g/mol. The number of hydrogen-bond acceptors (Lipinski definition) is 5. The summed E-state index contributed by atoms with van der Waals surface area (Å²) in [6.07, 6.45) is 18.4. The molecule has 4 amide bonds. The molecule has 0 aromatic heterocycles. The molecule has 2 unspecified atom stereocenters. The summed E-state index contributed by atoms with van der Waals surface area (Å²) >= 11 is 0. The SMILES string of the molecule is CC1CCC2(OC1)O[C@H]1C[C@H]3[C@@H]4CC[C@@H]5C[C@H](NC(=O)N(CCNC(=O)NCCN(C)C)C6CCCCC6)CC[C@]5(C)[C@H]4CC[C@]3(C)[C@H]1[C@@H]2C. The first-order valence-corrected chi connectivity index (χ1v) is 21.0. The number of hydrogen-bond donors (Lipinski definition) is 3. The van der Waals surface area contributed by atoms with Crippen LogP contribution in [0.1, 0.15) is 124 Å². The van der Waals surface area contributed by atoms with Crippen LogP contribution < -0.4 is 16.0 Å². The second kappa shape index (κ2) is 14.7. The topological polar surface area (TPSA) is 95.2 Å². The van der Waals surface area contributed by atoms with Gasteiger partial charge in [0.05, 0.1) is 12.7 Å². The zero-order valence-electron chi connectivity index (χ0n) is 32.4. The number of likely N-dealkylation sites (N-methyl/N-ethyl adjacent to an activating group) is 1. The highest BCUT2D eigenvalue weighted by Gasteiger charge is 2.69. The van der Waals surface area contributed by atoms with Crippen molar-refractivity contribution in [3.05, 3.63) is 0 Å². The molecule has 9 heteroatoms. The Morgan fingerprint density at radius 2 is 1.54 bits per heavy atom. The molecule has 7 rings (SSSR count). The fourth-order valence-corrected chi connectivity index (χ4v) is 13.3. The number of carbonyl (C=O) groups excluding carboxylic acids is 2. The number of fused-ring (bicyclic) bond motifs is 7. The Kier molecular flexibility index (Phi) is 10.8. The van der Waals surface area contributed by atoms with Crippen molar-refractivity contribution in [2.75, 3.05) is 46.9 Å². The second-order valence-corrected chi connectivity index (χ2v) is 19.1. The maximum absolute atomic E-state index is 14.0. The maximum atomic E-state index is 14.0. The highest BCUT2D eigenvalue weighted by molar-refractivity contribution is 5.75. The van der Waals surface area contributed by atoms with Crippen molar-refractivity contribution in [2.45, 2.75) is 148 Å². The van der Waals surface area contributed by atoms with Crippen LogP contribution in [-0.4, -0.2) is 92.7 Å². The van der Waals surface area contributed by atoms with Crippen molar-refractivity contribution in [2.24, 2.45) is 52.3 Å². The van der Waals surface area contributed by atoms with E-state index < -0.39 is 0 Å². The molecule has 1 spiro atoms. The van der Waals surface area contributed by atoms with E-state index in [2.05, 4.69) is 53.4 Å². The lowest BCUT2D eigenvalue weighted by molar-refractivity contribution is -0.273. The van der Waals surface area contributed by atoms with Gasteiger partial charge in [-0.2, -0.15) is 0 Å². The van der Waals surface area contributed by atoms with Crippen molar-refractivity contribution in [1.82, 2.24) is 25.8 Å². The van der Waals surface area contributed by atoms with Crippen molar-refractivity contribution in [3.8, 4) is 0 Å². The van der Waals surface area contributed by atoms with Crippen molar-refractivity contribution >= 4 is 12.1 Å². The quantitative estimate of drug-likeness (QED) is 0.254. The summed E-state index contributed by atoms with van der Waals surface area (Å²) in [6.45, 7) is 13.4. The molecule has 0 bridgehead atoms. The molecule has 2 heterocycles. The molecule has 0 aromatic rings. The molecular formula is C41H71N5O4. The summed E-state index contributed by atoms with van der Waals surface area (Å²) in [5.41, 5.74) is 0.728. The lowest BCUT2D eigenvalue weighted by Gasteiger charge is -2.61. The van der Waals surface area contributed by atoms with E-state index in [4.69, 9.17) is 9.47 Å². The number of nitrogens with one attached hydrogen (secondary N) is 3. The summed E-state index contributed by atoms with van der Waals surface area (Å²) in [5.74, 6) is 4.46. The number of ether oxygens (including phenoxy) is 2. The molecule has 7 fully saturated rings. The smallest absolute Gasteiger partial charge is 0.317 e.